The molecule has 49 heavy (non-hydrogen) atoms. The SMILES string of the molecule is NC(=NC(=NCc1ccccc1)c1cc2c3ccccc3c3ccccc3c2c2oc3ccccc3c12)c1ccc(-c2ccccc2)cc1. The van der Waals surface area contributed by atoms with Gasteiger partial charge in [0.1, 0.15) is 17.0 Å². The summed E-state index contributed by atoms with van der Waals surface area (Å²) < 4.78 is 6.79. The fourth-order valence-electron chi connectivity index (χ4n) is 7.02. The van der Waals surface area contributed by atoms with E-state index in [1.165, 1.54) is 10.8 Å². The van der Waals surface area contributed by atoms with Gasteiger partial charge in [-0.15, -0.1) is 0 Å². The van der Waals surface area contributed by atoms with Gasteiger partial charge >= 0.3 is 0 Å². The molecule has 4 heteroatoms. The van der Waals surface area contributed by atoms with Crippen molar-refractivity contribution in [2.24, 2.45) is 15.7 Å². The Hall–Kier alpha value is -6.52. The molecular weight excluding hydrogens is 599 g/mol. The van der Waals surface area contributed by atoms with E-state index in [-0.39, 0.29) is 0 Å². The van der Waals surface area contributed by atoms with Gasteiger partial charge in [-0.2, -0.15) is 0 Å². The third kappa shape index (κ3) is 5.02. The first-order chi connectivity index (χ1) is 24.2. The van der Waals surface area contributed by atoms with Gasteiger partial charge < -0.3 is 10.2 Å². The maximum Gasteiger partial charge on any atom is 0.158 e. The first kappa shape index (κ1) is 28.7. The standard InChI is InChI=1S/C45H31N3O/c46-44(32-25-23-31(24-26-32)30-15-5-2-6-16-30)48-45(47-28-29-13-3-1-4-14-29)39-27-38-35-19-8-7-17-33(35)34-18-9-10-20-36(34)41(38)43-42(39)37-21-11-12-22-40(37)49-43/h1-27H,28H2,(H2,46,47,48). The lowest BCUT2D eigenvalue weighted by Crippen LogP contribution is -2.16. The molecule has 0 aliphatic heterocycles. The highest BCUT2D eigenvalue weighted by Gasteiger charge is 2.22. The van der Waals surface area contributed by atoms with Crippen LogP contribution in [-0.2, 0) is 6.54 Å². The highest BCUT2D eigenvalue weighted by Crippen LogP contribution is 2.43. The summed E-state index contributed by atoms with van der Waals surface area (Å²) in [4.78, 5) is 10.3. The summed E-state index contributed by atoms with van der Waals surface area (Å²) in [7, 11) is 0. The molecule has 0 saturated heterocycles. The van der Waals surface area contributed by atoms with Crippen LogP contribution in [0.2, 0.25) is 0 Å². The highest BCUT2D eigenvalue weighted by atomic mass is 16.3. The monoisotopic (exact) mass is 629 g/mol. The van der Waals surface area contributed by atoms with Crippen LogP contribution in [0, 0.1) is 0 Å². The zero-order valence-corrected chi connectivity index (χ0v) is 26.7. The van der Waals surface area contributed by atoms with Crippen molar-refractivity contribution < 1.29 is 4.42 Å². The van der Waals surface area contributed by atoms with Crippen LogP contribution < -0.4 is 5.73 Å². The van der Waals surface area contributed by atoms with Crippen molar-refractivity contribution >= 4 is 65.9 Å². The molecule has 0 bridgehead atoms. The number of hydrogen-bond donors (Lipinski definition) is 1. The van der Waals surface area contributed by atoms with Gasteiger partial charge in [-0.3, -0.25) is 4.99 Å². The minimum Gasteiger partial charge on any atom is -0.455 e. The fourth-order valence-corrected chi connectivity index (χ4v) is 7.02. The largest absolute Gasteiger partial charge is 0.455 e. The third-order valence-corrected chi connectivity index (χ3v) is 9.36. The summed E-state index contributed by atoms with van der Waals surface area (Å²) >= 11 is 0. The van der Waals surface area contributed by atoms with Crippen LogP contribution >= 0.6 is 0 Å². The Balaban J connectivity index is 1.32. The van der Waals surface area contributed by atoms with Crippen molar-refractivity contribution in [3.63, 3.8) is 0 Å². The molecule has 2 N–H and O–H groups in total. The van der Waals surface area contributed by atoms with Gasteiger partial charge in [-0.05, 0) is 55.8 Å². The first-order valence-corrected chi connectivity index (χ1v) is 16.5. The van der Waals surface area contributed by atoms with Crippen molar-refractivity contribution in [3.8, 4) is 11.1 Å². The third-order valence-electron chi connectivity index (χ3n) is 9.36. The summed E-state index contributed by atoms with van der Waals surface area (Å²) in [6, 6.07) is 56.4. The molecule has 0 saturated carbocycles. The first-order valence-electron chi connectivity index (χ1n) is 16.5. The van der Waals surface area contributed by atoms with Crippen molar-refractivity contribution in [1.29, 1.82) is 0 Å². The fraction of sp³-hybridized carbons (Fsp3) is 0.0222. The zero-order valence-electron chi connectivity index (χ0n) is 26.7. The van der Waals surface area contributed by atoms with Crippen LogP contribution in [0.4, 0.5) is 0 Å². The van der Waals surface area contributed by atoms with E-state index in [9.17, 15) is 0 Å². The molecular formula is C45H31N3O. The molecule has 9 rings (SSSR count). The summed E-state index contributed by atoms with van der Waals surface area (Å²) in [6.45, 7) is 0.452. The second kappa shape index (κ2) is 11.9. The number of amidine groups is 2. The second-order valence-corrected chi connectivity index (χ2v) is 12.3. The van der Waals surface area contributed by atoms with Gasteiger partial charge in [0, 0.05) is 27.3 Å². The molecule has 8 aromatic carbocycles. The van der Waals surface area contributed by atoms with Crippen LogP contribution in [0.1, 0.15) is 16.7 Å². The number of benzene rings is 8. The van der Waals surface area contributed by atoms with Crippen molar-refractivity contribution in [2.45, 2.75) is 6.54 Å². The predicted octanol–water partition coefficient (Wildman–Crippen LogP) is 11.1. The lowest BCUT2D eigenvalue weighted by atomic mass is 9.91. The molecule has 232 valence electrons. The summed E-state index contributed by atoms with van der Waals surface area (Å²) in [5.74, 6) is 0.958. The number of furan rings is 1. The molecule has 0 fully saturated rings. The van der Waals surface area contributed by atoms with E-state index in [1.54, 1.807) is 0 Å². The minimum atomic E-state index is 0.399. The van der Waals surface area contributed by atoms with Gasteiger partial charge in [0.2, 0.25) is 0 Å². The van der Waals surface area contributed by atoms with Gasteiger partial charge in [-0.25, -0.2) is 4.99 Å². The Kier molecular flexibility index (Phi) is 6.98. The van der Waals surface area contributed by atoms with Gasteiger partial charge in [0.25, 0.3) is 0 Å². The molecule has 0 spiro atoms. The molecule has 0 radical (unpaired) electrons. The maximum atomic E-state index is 6.85. The molecule has 4 nitrogen and oxygen atoms in total. The van der Waals surface area contributed by atoms with E-state index in [1.807, 2.05) is 60.7 Å². The average Bonchev–Trinajstić information content (AvgIpc) is 3.57. The number of nitrogens with zero attached hydrogens (tertiary/aromatic N) is 2. The molecule has 0 aliphatic carbocycles. The summed E-state index contributed by atoms with van der Waals surface area (Å²) in [5.41, 5.74) is 13.6. The van der Waals surface area contributed by atoms with Crippen molar-refractivity contribution in [1.82, 2.24) is 0 Å². The van der Waals surface area contributed by atoms with Crippen LogP contribution in [0.15, 0.2) is 178 Å². The molecule has 9 aromatic rings. The average molecular weight is 630 g/mol. The van der Waals surface area contributed by atoms with Gasteiger partial charge in [0.05, 0.1) is 6.54 Å². The van der Waals surface area contributed by atoms with E-state index in [0.29, 0.717) is 18.2 Å². The Bertz CT molecular complexity index is 2720. The van der Waals surface area contributed by atoms with E-state index in [0.717, 1.165) is 71.3 Å². The minimum absolute atomic E-state index is 0.399. The second-order valence-electron chi connectivity index (χ2n) is 12.3. The Morgan fingerprint density at radius 2 is 1.06 bits per heavy atom. The smallest absolute Gasteiger partial charge is 0.158 e. The molecule has 1 aromatic heterocycles. The van der Waals surface area contributed by atoms with E-state index in [4.69, 9.17) is 20.1 Å². The van der Waals surface area contributed by atoms with Crippen molar-refractivity contribution in [2.75, 3.05) is 0 Å². The molecule has 0 aliphatic rings. The van der Waals surface area contributed by atoms with Crippen molar-refractivity contribution in [3.05, 3.63) is 180 Å². The maximum absolute atomic E-state index is 6.85. The topological polar surface area (TPSA) is 63.9 Å². The predicted molar refractivity (Wildman–Crippen MR) is 206 cm³/mol. The molecule has 0 atom stereocenters. The van der Waals surface area contributed by atoms with E-state index >= 15 is 0 Å². The number of rotatable bonds is 5. The molecule has 0 unspecified atom stereocenters. The number of fused-ring (bicyclic) bond motifs is 10. The highest BCUT2D eigenvalue weighted by molar-refractivity contribution is 6.35. The number of aliphatic imine (C=N–C) groups is 2. The number of nitrogens with two attached hydrogens (primary N) is 1. The number of para-hydroxylation sites is 1. The summed E-state index contributed by atoms with van der Waals surface area (Å²) in [6.07, 6.45) is 0. The van der Waals surface area contributed by atoms with Crippen LogP contribution in [0.3, 0.4) is 0 Å². The summed E-state index contributed by atoms with van der Waals surface area (Å²) in [5, 5.41) is 8.85. The van der Waals surface area contributed by atoms with Crippen LogP contribution in [-0.4, -0.2) is 11.7 Å². The Morgan fingerprint density at radius 1 is 0.510 bits per heavy atom. The van der Waals surface area contributed by atoms with Crippen LogP contribution in [0.5, 0.6) is 0 Å². The van der Waals surface area contributed by atoms with E-state index in [2.05, 4.69) is 103 Å². The van der Waals surface area contributed by atoms with Gasteiger partial charge in [0.15, 0.2) is 5.84 Å². The van der Waals surface area contributed by atoms with Gasteiger partial charge in [-0.1, -0.05) is 152 Å². The normalized spacial score (nSPS) is 12.5. The Morgan fingerprint density at radius 3 is 1.78 bits per heavy atom. The van der Waals surface area contributed by atoms with Crippen LogP contribution in [0.25, 0.3) is 65.4 Å². The van der Waals surface area contributed by atoms with E-state index < -0.39 is 0 Å². The quantitative estimate of drug-likeness (QED) is 0.117. The lowest BCUT2D eigenvalue weighted by molar-refractivity contribution is 0.673. The molecule has 1 heterocycles. The zero-order chi connectivity index (χ0) is 32.7. The molecule has 0 amide bonds. The lowest BCUT2D eigenvalue weighted by Gasteiger charge is -2.14. The number of hydrogen-bond acceptors (Lipinski definition) is 2. The Labute approximate surface area is 283 Å².